The molecular formula is C10H10ClN5O. The Morgan fingerprint density at radius 1 is 1.35 bits per heavy atom. The smallest absolute Gasteiger partial charge is 0.270 e. The number of carbonyl (C=O) groups excluding carboxylic acids is 1. The monoisotopic (exact) mass is 251 g/mol. The van der Waals surface area contributed by atoms with Crippen LogP contribution in [0.4, 0.5) is 5.82 Å². The first kappa shape index (κ1) is 11.4. The summed E-state index contributed by atoms with van der Waals surface area (Å²) in [4.78, 5) is 11.3. The summed E-state index contributed by atoms with van der Waals surface area (Å²) < 4.78 is 1.43. The molecule has 0 radical (unpaired) electrons. The first-order chi connectivity index (χ1) is 8.13. The number of hydrogen-bond donors (Lipinski definition) is 3. The number of hydrogen-bond acceptors (Lipinski definition) is 4. The number of nitrogen functional groups attached to an aromatic ring is 2. The van der Waals surface area contributed by atoms with Crippen LogP contribution in [-0.2, 0) is 0 Å². The average Bonchev–Trinajstić information content (AvgIpc) is 2.71. The molecule has 5 N–H and O–H groups in total. The van der Waals surface area contributed by atoms with Crippen molar-refractivity contribution in [3.8, 4) is 5.69 Å². The molecule has 17 heavy (non-hydrogen) atoms. The number of carbonyl (C=O) groups is 1. The fraction of sp³-hybridized carbons (Fsp3) is 0. The maximum Gasteiger partial charge on any atom is 0.270 e. The van der Waals surface area contributed by atoms with E-state index in [1.807, 2.05) is 5.43 Å². The normalized spacial score (nSPS) is 10.2. The highest BCUT2D eigenvalue weighted by Gasteiger charge is 2.14. The molecule has 6 nitrogen and oxygen atoms in total. The minimum atomic E-state index is -0.484. The van der Waals surface area contributed by atoms with Gasteiger partial charge in [0.15, 0.2) is 0 Å². The Kier molecular flexibility index (Phi) is 2.99. The number of rotatable bonds is 2. The molecule has 2 aromatic rings. The van der Waals surface area contributed by atoms with E-state index in [9.17, 15) is 4.79 Å². The lowest BCUT2D eigenvalue weighted by atomic mass is 10.3. The third-order valence-corrected chi connectivity index (χ3v) is 2.51. The second-order valence-corrected chi connectivity index (χ2v) is 3.74. The van der Waals surface area contributed by atoms with Crippen molar-refractivity contribution in [2.75, 3.05) is 5.73 Å². The largest absolute Gasteiger partial charge is 0.383 e. The van der Waals surface area contributed by atoms with Gasteiger partial charge in [-0.15, -0.1) is 0 Å². The van der Waals surface area contributed by atoms with E-state index < -0.39 is 5.91 Å². The van der Waals surface area contributed by atoms with Crippen LogP contribution in [-0.4, -0.2) is 15.7 Å². The standard InChI is InChI=1S/C10H10ClN5O/c11-6-1-3-7(4-2-6)16-9(12)8(5-14-16)10(17)15-13/h1-5H,12-13H2,(H,15,17). The van der Waals surface area contributed by atoms with E-state index in [1.165, 1.54) is 10.9 Å². The van der Waals surface area contributed by atoms with E-state index in [-0.39, 0.29) is 11.4 Å². The van der Waals surface area contributed by atoms with E-state index >= 15 is 0 Å². The van der Waals surface area contributed by atoms with Crippen LogP contribution in [0.15, 0.2) is 30.5 Å². The first-order valence-corrected chi connectivity index (χ1v) is 5.11. The zero-order valence-electron chi connectivity index (χ0n) is 8.72. The number of amides is 1. The first-order valence-electron chi connectivity index (χ1n) is 4.74. The van der Waals surface area contributed by atoms with Gasteiger partial charge in [-0.05, 0) is 24.3 Å². The van der Waals surface area contributed by atoms with E-state index in [0.717, 1.165) is 0 Å². The second kappa shape index (κ2) is 4.44. The van der Waals surface area contributed by atoms with Crippen LogP contribution < -0.4 is 17.0 Å². The molecule has 0 atom stereocenters. The summed E-state index contributed by atoms with van der Waals surface area (Å²) in [5.41, 5.74) is 8.74. The fourth-order valence-electron chi connectivity index (χ4n) is 1.40. The molecule has 1 aromatic carbocycles. The van der Waals surface area contributed by atoms with Crippen molar-refractivity contribution in [2.24, 2.45) is 5.84 Å². The van der Waals surface area contributed by atoms with Crippen LogP contribution in [0.1, 0.15) is 10.4 Å². The summed E-state index contributed by atoms with van der Waals surface area (Å²) in [5, 5.41) is 4.63. The van der Waals surface area contributed by atoms with Gasteiger partial charge in [0.05, 0.1) is 11.9 Å². The van der Waals surface area contributed by atoms with Crippen molar-refractivity contribution in [1.82, 2.24) is 15.2 Å². The summed E-state index contributed by atoms with van der Waals surface area (Å²) >= 11 is 5.78. The Hall–Kier alpha value is -2.05. The van der Waals surface area contributed by atoms with Gasteiger partial charge in [-0.3, -0.25) is 10.2 Å². The molecule has 0 aliphatic carbocycles. The van der Waals surface area contributed by atoms with Crippen LogP contribution in [0, 0.1) is 0 Å². The zero-order chi connectivity index (χ0) is 12.4. The quantitative estimate of drug-likeness (QED) is 0.416. The van der Waals surface area contributed by atoms with Crippen molar-refractivity contribution >= 4 is 23.3 Å². The molecule has 1 aromatic heterocycles. The van der Waals surface area contributed by atoms with Crippen LogP contribution >= 0.6 is 11.6 Å². The predicted molar refractivity (Wildman–Crippen MR) is 64.6 cm³/mol. The summed E-state index contributed by atoms with van der Waals surface area (Å²) in [6, 6.07) is 6.91. The average molecular weight is 252 g/mol. The molecule has 2 rings (SSSR count). The number of anilines is 1. The van der Waals surface area contributed by atoms with Gasteiger partial charge in [0, 0.05) is 5.02 Å². The molecule has 0 spiro atoms. The van der Waals surface area contributed by atoms with Crippen LogP contribution in [0.3, 0.4) is 0 Å². The number of benzene rings is 1. The van der Waals surface area contributed by atoms with Crippen LogP contribution in [0.5, 0.6) is 0 Å². The number of nitrogens with two attached hydrogens (primary N) is 2. The minimum absolute atomic E-state index is 0.218. The molecule has 0 unspecified atom stereocenters. The summed E-state index contributed by atoms with van der Waals surface area (Å²) in [6.07, 6.45) is 1.35. The van der Waals surface area contributed by atoms with Crippen molar-refractivity contribution in [3.05, 3.63) is 41.0 Å². The summed E-state index contributed by atoms with van der Waals surface area (Å²) in [6.45, 7) is 0. The highest BCUT2D eigenvalue weighted by molar-refractivity contribution is 6.30. The number of hydrazine groups is 1. The van der Waals surface area contributed by atoms with Gasteiger partial charge in [-0.1, -0.05) is 11.6 Å². The molecular weight excluding hydrogens is 242 g/mol. The molecule has 0 saturated heterocycles. The third-order valence-electron chi connectivity index (χ3n) is 2.25. The van der Waals surface area contributed by atoms with E-state index in [0.29, 0.717) is 10.7 Å². The third kappa shape index (κ3) is 2.08. The van der Waals surface area contributed by atoms with Gasteiger partial charge in [0.2, 0.25) is 0 Å². The number of aromatic nitrogens is 2. The Morgan fingerprint density at radius 3 is 2.59 bits per heavy atom. The molecule has 1 amide bonds. The van der Waals surface area contributed by atoms with Gasteiger partial charge < -0.3 is 5.73 Å². The van der Waals surface area contributed by atoms with E-state index in [4.69, 9.17) is 23.2 Å². The SMILES string of the molecule is NNC(=O)c1cnn(-c2ccc(Cl)cc2)c1N. The molecule has 1 heterocycles. The Morgan fingerprint density at radius 2 is 2.00 bits per heavy atom. The van der Waals surface area contributed by atoms with Gasteiger partial charge in [-0.25, -0.2) is 10.5 Å². The van der Waals surface area contributed by atoms with Gasteiger partial charge in [0.25, 0.3) is 5.91 Å². The van der Waals surface area contributed by atoms with Crippen LogP contribution in [0.25, 0.3) is 5.69 Å². The summed E-state index contributed by atoms with van der Waals surface area (Å²) in [5.74, 6) is 4.77. The highest BCUT2D eigenvalue weighted by atomic mass is 35.5. The molecule has 0 aliphatic heterocycles. The van der Waals surface area contributed by atoms with Crippen LogP contribution in [0.2, 0.25) is 5.02 Å². The van der Waals surface area contributed by atoms with Crippen molar-refractivity contribution < 1.29 is 4.79 Å². The van der Waals surface area contributed by atoms with Gasteiger partial charge in [-0.2, -0.15) is 5.10 Å². The summed E-state index contributed by atoms with van der Waals surface area (Å²) in [7, 11) is 0. The van der Waals surface area contributed by atoms with Crippen molar-refractivity contribution in [2.45, 2.75) is 0 Å². The lowest BCUT2D eigenvalue weighted by Gasteiger charge is -2.04. The number of halogens is 1. The zero-order valence-corrected chi connectivity index (χ0v) is 9.48. The minimum Gasteiger partial charge on any atom is -0.383 e. The predicted octanol–water partition coefficient (Wildman–Crippen LogP) is 0.711. The molecule has 0 fully saturated rings. The molecule has 7 heteroatoms. The van der Waals surface area contributed by atoms with E-state index in [2.05, 4.69) is 5.10 Å². The lowest BCUT2D eigenvalue weighted by molar-refractivity contribution is 0.0954. The lowest BCUT2D eigenvalue weighted by Crippen LogP contribution is -2.30. The molecule has 0 bridgehead atoms. The molecule has 0 saturated carbocycles. The maximum atomic E-state index is 11.3. The maximum absolute atomic E-state index is 11.3. The van der Waals surface area contributed by atoms with Crippen molar-refractivity contribution in [1.29, 1.82) is 0 Å². The fourth-order valence-corrected chi connectivity index (χ4v) is 1.52. The Bertz CT molecular complexity index is 548. The second-order valence-electron chi connectivity index (χ2n) is 3.31. The highest BCUT2D eigenvalue weighted by Crippen LogP contribution is 2.18. The Balaban J connectivity index is 2.44. The number of nitrogens with zero attached hydrogens (tertiary/aromatic N) is 2. The Labute approximate surface area is 102 Å². The number of nitrogens with one attached hydrogen (secondary N) is 1. The van der Waals surface area contributed by atoms with Gasteiger partial charge >= 0.3 is 0 Å². The van der Waals surface area contributed by atoms with Crippen molar-refractivity contribution in [3.63, 3.8) is 0 Å². The van der Waals surface area contributed by atoms with Gasteiger partial charge in [0.1, 0.15) is 11.4 Å². The van der Waals surface area contributed by atoms with E-state index in [1.54, 1.807) is 24.3 Å². The molecule has 88 valence electrons. The topological polar surface area (TPSA) is 99.0 Å². The molecule has 0 aliphatic rings.